The van der Waals surface area contributed by atoms with Gasteiger partial charge in [0.15, 0.2) is 0 Å². The first-order valence-corrected chi connectivity index (χ1v) is 12.2. The second kappa shape index (κ2) is 9.19. The maximum absolute atomic E-state index is 5.49. The van der Waals surface area contributed by atoms with E-state index in [4.69, 9.17) is 14.7 Å². The molecule has 1 aromatic carbocycles. The van der Waals surface area contributed by atoms with Gasteiger partial charge in [0.25, 0.3) is 0 Å². The predicted octanol–water partition coefficient (Wildman–Crippen LogP) is 4.37. The van der Waals surface area contributed by atoms with E-state index >= 15 is 0 Å². The number of fused-ring (bicyclic) bond motifs is 2. The number of anilines is 3. The molecule has 0 bridgehead atoms. The number of piperidine rings is 1. The van der Waals surface area contributed by atoms with Gasteiger partial charge in [0.05, 0.1) is 41.2 Å². The van der Waals surface area contributed by atoms with E-state index in [9.17, 15) is 0 Å². The van der Waals surface area contributed by atoms with Gasteiger partial charge in [0.1, 0.15) is 23.0 Å². The van der Waals surface area contributed by atoms with Crippen LogP contribution in [0.25, 0.3) is 22.1 Å². The smallest absolute Gasteiger partial charge is 0.227 e. The van der Waals surface area contributed by atoms with Crippen molar-refractivity contribution in [1.29, 1.82) is 0 Å². The van der Waals surface area contributed by atoms with Crippen molar-refractivity contribution in [2.24, 2.45) is 0 Å². The second-order valence-corrected chi connectivity index (χ2v) is 9.23. The third-order valence-corrected chi connectivity index (χ3v) is 7.02. The van der Waals surface area contributed by atoms with Crippen molar-refractivity contribution in [2.75, 3.05) is 30.4 Å². The van der Waals surface area contributed by atoms with Crippen molar-refractivity contribution in [3.63, 3.8) is 0 Å². The van der Waals surface area contributed by atoms with Crippen molar-refractivity contribution in [1.82, 2.24) is 34.5 Å². The molecule has 0 spiro atoms. The van der Waals surface area contributed by atoms with Crippen LogP contribution in [0.3, 0.4) is 0 Å². The number of pyridine rings is 1. The molecule has 36 heavy (non-hydrogen) atoms. The van der Waals surface area contributed by atoms with Gasteiger partial charge in [-0.25, -0.2) is 19.9 Å². The van der Waals surface area contributed by atoms with Gasteiger partial charge in [0.2, 0.25) is 5.95 Å². The normalized spacial score (nSPS) is 15.6. The van der Waals surface area contributed by atoms with E-state index in [1.165, 1.54) is 5.56 Å². The Labute approximate surface area is 208 Å². The molecule has 184 valence electrons. The Kier molecular flexibility index (Phi) is 5.73. The molecule has 4 aromatic heterocycles. The topological polar surface area (TPSA) is 110 Å². The summed E-state index contributed by atoms with van der Waals surface area (Å²) >= 11 is 0. The number of nitrogens with zero attached hydrogens (tertiary/aromatic N) is 7. The third-order valence-electron chi connectivity index (χ3n) is 7.02. The van der Waals surface area contributed by atoms with Crippen LogP contribution in [-0.2, 0) is 4.74 Å². The lowest BCUT2D eigenvalue weighted by atomic mass is 10.1. The van der Waals surface area contributed by atoms with Gasteiger partial charge in [-0.2, -0.15) is 4.98 Å². The molecule has 2 N–H and O–H groups in total. The number of rotatable bonds is 6. The molecular weight excluding hydrogens is 454 g/mol. The molecular formula is C26H29N9O. The van der Waals surface area contributed by atoms with Crippen LogP contribution in [0.5, 0.6) is 0 Å². The van der Waals surface area contributed by atoms with Crippen molar-refractivity contribution in [3.05, 3.63) is 60.4 Å². The molecule has 10 nitrogen and oxygen atoms in total. The van der Waals surface area contributed by atoms with Crippen molar-refractivity contribution < 1.29 is 4.74 Å². The Morgan fingerprint density at radius 1 is 1.03 bits per heavy atom. The number of H-pyrrole nitrogens is 1. The zero-order chi connectivity index (χ0) is 24.6. The van der Waals surface area contributed by atoms with E-state index in [-0.39, 0.29) is 6.04 Å². The number of aromatic nitrogens is 7. The molecule has 5 aromatic rings. The fraction of sp³-hybridized carbons (Fsp3) is 0.346. The first kappa shape index (κ1) is 22.4. The van der Waals surface area contributed by atoms with Crippen LogP contribution < -0.4 is 10.2 Å². The maximum Gasteiger partial charge on any atom is 0.227 e. The van der Waals surface area contributed by atoms with Crippen molar-refractivity contribution in [2.45, 2.75) is 38.8 Å². The van der Waals surface area contributed by atoms with E-state index in [0.29, 0.717) is 17.7 Å². The molecule has 0 amide bonds. The highest BCUT2D eigenvalue weighted by atomic mass is 16.5. The van der Waals surface area contributed by atoms with Gasteiger partial charge in [0, 0.05) is 32.5 Å². The van der Waals surface area contributed by atoms with Gasteiger partial charge < -0.3 is 24.5 Å². The van der Waals surface area contributed by atoms with Gasteiger partial charge in [-0.15, -0.1) is 0 Å². The van der Waals surface area contributed by atoms with Crippen LogP contribution in [0.2, 0.25) is 0 Å². The molecule has 1 atom stereocenters. The van der Waals surface area contributed by atoms with Crippen LogP contribution in [0, 0.1) is 6.92 Å². The maximum atomic E-state index is 5.49. The van der Waals surface area contributed by atoms with Crippen molar-refractivity contribution in [3.8, 4) is 0 Å². The lowest BCUT2D eigenvalue weighted by molar-refractivity contribution is 0.0816. The van der Waals surface area contributed by atoms with Crippen LogP contribution in [-0.4, -0.2) is 60.8 Å². The lowest BCUT2D eigenvalue weighted by Gasteiger charge is -2.31. The minimum Gasteiger partial charge on any atom is -0.381 e. The van der Waals surface area contributed by atoms with E-state index in [1.54, 1.807) is 19.6 Å². The standard InChI is InChI=1S/C26H29N9O/c1-16(18-4-5-20-21(12-18)30-15-29-20)35-17(2)31-22-14-28-25(13-23(22)35)32-24-6-9-27-26(33-24)34-10-7-19(36-3)8-11-34/h4-6,9,12-16,19H,7-8,10-11H2,1-3H3,(H,29,30)(H,27,28,32,33). The Balaban J connectivity index is 1.27. The van der Waals surface area contributed by atoms with E-state index in [0.717, 1.165) is 59.8 Å². The van der Waals surface area contributed by atoms with Crippen molar-refractivity contribution >= 4 is 39.7 Å². The summed E-state index contributed by atoms with van der Waals surface area (Å²) in [5.41, 5.74) is 5.03. The highest BCUT2D eigenvalue weighted by Crippen LogP contribution is 2.29. The Bertz CT molecular complexity index is 1520. The average Bonchev–Trinajstić information content (AvgIpc) is 3.51. The molecule has 1 unspecified atom stereocenters. The second-order valence-electron chi connectivity index (χ2n) is 9.23. The van der Waals surface area contributed by atoms with Gasteiger partial charge in [-0.1, -0.05) is 6.07 Å². The Hall–Kier alpha value is -4.05. The molecule has 10 heteroatoms. The first-order chi connectivity index (χ1) is 17.6. The lowest BCUT2D eigenvalue weighted by Crippen LogP contribution is -2.37. The summed E-state index contributed by atoms with van der Waals surface area (Å²) in [5, 5.41) is 3.36. The first-order valence-electron chi connectivity index (χ1n) is 12.2. The average molecular weight is 484 g/mol. The zero-order valence-electron chi connectivity index (χ0n) is 20.6. The summed E-state index contributed by atoms with van der Waals surface area (Å²) in [7, 11) is 1.78. The number of nitrogens with one attached hydrogen (secondary N) is 2. The summed E-state index contributed by atoms with van der Waals surface area (Å²) in [6, 6.07) is 10.3. The molecule has 0 saturated carbocycles. The minimum absolute atomic E-state index is 0.0821. The van der Waals surface area contributed by atoms with E-state index in [1.807, 2.05) is 31.3 Å². The predicted molar refractivity (Wildman–Crippen MR) is 140 cm³/mol. The van der Waals surface area contributed by atoms with Gasteiger partial charge in [-0.3, -0.25) is 0 Å². The van der Waals surface area contributed by atoms with E-state index in [2.05, 4.69) is 53.8 Å². The van der Waals surface area contributed by atoms with Crippen LogP contribution >= 0.6 is 0 Å². The SMILES string of the molecule is COC1CCN(c2nccc(Nc3cc4c(cn3)nc(C)n4C(C)c3ccc4nc[nH]c4c3)n2)CC1. The highest BCUT2D eigenvalue weighted by molar-refractivity contribution is 5.80. The zero-order valence-corrected chi connectivity index (χ0v) is 20.6. The number of methoxy groups -OCH3 is 1. The summed E-state index contributed by atoms with van der Waals surface area (Å²) in [5.74, 6) is 3.08. The fourth-order valence-electron chi connectivity index (χ4n) is 5.03. The number of benzene rings is 1. The molecule has 0 aliphatic carbocycles. The molecule has 0 radical (unpaired) electrons. The summed E-state index contributed by atoms with van der Waals surface area (Å²) in [4.78, 5) is 28.3. The quantitative estimate of drug-likeness (QED) is 0.366. The number of hydrogen-bond donors (Lipinski definition) is 2. The number of aromatic amines is 1. The summed E-state index contributed by atoms with van der Waals surface area (Å²) in [6.45, 7) is 5.98. The monoisotopic (exact) mass is 483 g/mol. The minimum atomic E-state index is 0.0821. The third kappa shape index (κ3) is 4.13. The fourth-order valence-corrected chi connectivity index (χ4v) is 5.03. The number of ether oxygens (including phenoxy) is 1. The summed E-state index contributed by atoms with van der Waals surface area (Å²) < 4.78 is 7.73. The van der Waals surface area contributed by atoms with Crippen LogP contribution in [0.15, 0.2) is 49.1 Å². The molecule has 5 heterocycles. The molecule has 1 fully saturated rings. The van der Waals surface area contributed by atoms with E-state index < -0.39 is 0 Å². The molecule has 6 rings (SSSR count). The van der Waals surface area contributed by atoms with Crippen LogP contribution in [0.1, 0.15) is 37.2 Å². The number of aryl methyl sites for hydroxylation is 1. The number of hydrogen-bond acceptors (Lipinski definition) is 8. The Morgan fingerprint density at radius 2 is 1.89 bits per heavy atom. The van der Waals surface area contributed by atoms with Crippen LogP contribution in [0.4, 0.5) is 17.6 Å². The summed E-state index contributed by atoms with van der Waals surface area (Å²) in [6.07, 6.45) is 7.59. The Morgan fingerprint density at radius 3 is 2.72 bits per heavy atom. The van der Waals surface area contributed by atoms with Gasteiger partial charge in [-0.05, 0) is 50.5 Å². The largest absolute Gasteiger partial charge is 0.381 e. The highest BCUT2D eigenvalue weighted by Gasteiger charge is 2.21. The van der Waals surface area contributed by atoms with Gasteiger partial charge >= 0.3 is 0 Å². The molecule has 1 aliphatic heterocycles. The molecule has 1 aliphatic rings. The number of imidazole rings is 2. The molecule has 1 saturated heterocycles.